The van der Waals surface area contributed by atoms with Gasteiger partial charge in [-0.15, -0.1) is 0 Å². The fourth-order valence-electron chi connectivity index (χ4n) is 2.62. The number of carboxylic acids is 1. The van der Waals surface area contributed by atoms with Crippen molar-refractivity contribution in [1.82, 2.24) is 10.3 Å². The summed E-state index contributed by atoms with van der Waals surface area (Å²) in [7, 11) is 0. The Morgan fingerprint density at radius 2 is 1.86 bits per heavy atom. The zero-order valence-corrected chi connectivity index (χ0v) is 13.7. The highest BCUT2D eigenvalue weighted by molar-refractivity contribution is 6.03. The van der Waals surface area contributed by atoms with E-state index in [1.165, 1.54) is 6.92 Å². The molecule has 0 fully saturated rings. The summed E-state index contributed by atoms with van der Waals surface area (Å²) in [5.41, 5.74) is 2.06. The van der Waals surface area contributed by atoms with E-state index in [0.29, 0.717) is 29.7 Å². The molecule has 1 amide bonds. The zero-order chi connectivity index (χ0) is 17.0. The SMILES string of the molecule is CCc1c(C(=O)NC(CC(C)C)C(=O)O)[nH]c(C)c1C(C)=O. The topological polar surface area (TPSA) is 99.3 Å². The zero-order valence-electron chi connectivity index (χ0n) is 13.7. The third-order valence-electron chi connectivity index (χ3n) is 3.53. The van der Waals surface area contributed by atoms with E-state index in [0.717, 1.165) is 0 Å². The molecule has 0 spiro atoms. The van der Waals surface area contributed by atoms with Crippen molar-refractivity contribution in [3.05, 3.63) is 22.5 Å². The minimum atomic E-state index is -1.06. The van der Waals surface area contributed by atoms with E-state index in [1.807, 2.05) is 20.8 Å². The Bertz CT molecular complexity index is 587. The molecule has 1 atom stereocenters. The number of carbonyl (C=O) groups excluding carboxylic acids is 2. The fraction of sp³-hybridized carbons (Fsp3) is 0.562. The number of hydrogen-bond donors (Lipinski definition) is 3. The average molecular weight is 308 g/mol. The van der Waals surface area contributed by atoms with Crippen LogP contribution in [0.2, 0.25) is 0 Å². The van der Waals surface area contributed by atoms with Gasteiger partial charge in [-0.2, -0.15) is 0 Å². The Morgan fingerprint density at radius 3 is 2.27 bits per heavy atom. The lowest BCUT2D eigenvalue weighted by Gasteiger charge is -2.16. The lowest BCUT2D eigenvalue weighted by atomic mass is 10.0. The number of rotatable bonds is 7. The first-order valence-electron chi connectivity index (χ1n) is 7.45. The van der Waals surface area contributed by atoms with Crippen molar-refractivity contribution in [2.75, 3.05) is 0 Å². The molecule has 0 aliphatic heterocycles. The molecule has 0 saturated carbocycles. The van der Waals surface area contributed by atoms with Crippen LogP contribution >= 0.6 is 0 Å². The van der Waals surface area contributed by atoms with Crippen LogP contribution in [-0.4, -0.2) is 33.8 Å². The normalized spacial score (nSPS) is 12.3. The van der Waals surface area contributed by atoms with E-state index in [1.54, 1.807) is 6.92 Å². The molecular formula is C16H24N2O4. The van der Waals surface area contributed by atoms with Crippen LogP contribution in [0.1, 0.15) is 66.2 Å². The van der Waals surface area contributed by atoms with E-state index in [9.17, 15) is 19.5 Å². The summed E-state index contributed by atoms with van der Waals surface area (Å²) in [6.45, 7) is 8.83. The number of nitrogens with one attached hydrogen (secondary N) is 2. The smallest absolute Gasteiger partial charge is 0.326 e. The molecule has 0 bridgehead atoms. The number of amides is 1. The van der Waals surface area contributed by atoms with Gasteiger partial charge in [0.05, 0.1) is 0 Å². The Kier molecular flexibility index (Phi) is 5.91. The van der Waals surface area contributed by atoms with Crippen molar-refractivity contribution in [1.29, 1.82) is 0 Å². The number of aromatic amines is 1. The standard InChI is InChI=1S/C16H24N2O4/c1-6-11-13(10(5)19)9(4)17-14(11)15(20)18-12(16(21)22)7-8(2)3/h8,12,17H,6-7H2,1-5H3,(H,18,20)(H,21,22). The molecule has 1 aromatic rings. The summed E-state index contributed by atoms with van der Waals surface area (Å²) in [6.07, 6.45) is 0.867. The number of H-pyrrole nitrogens is 1. The van der Waals surface area contributed by atoms with Crippen LogP contribution in [0.3, 0.4) is 0 Å². The van der Waals surface area contributed by atoms with Gasteiger partial charge in [-0.25, -0.2) is 4.79 Å². The van der Waals surface area contributed by atoms with E-state index in [2.05, 4.69) is 10.3 Å². The van der Waals surface area contributed by atoms with Gasteiger partial charge < -0.3 is 15.4 Å². The molecule has 6 nitrogen and oxygen atoms in total. The first-order chi connectivity index (χ1) is 10.2. The molecule has 1 rings (SSSR count). The van der Waals surface area contributed by atoms with Crippen molar-refractivity contribution in [3.8, 4) is 0 Å². The van der Waals surface area contributed by atoms with Gasteiger partial charge >= 0.3 is 5.97 Å². The number of hydrogen-bond acceptors (Lipinski definition) is 3. The van der Waals surface area contributed by atoms with Gasteiger partial charge in [0.2, 0.25) is 0 Å². The Labute approximate surface area is 130 Å². The second kappa shape index (κ2) is 7.24. The minimum Gasteiger partial charge on any atom is -0.480 e. The minimum absolute atomic E-state index is 0.110. The quantitative estimate of drug-likeness (QED) is 0.673. The van der Waals surface area contributed by atoms with E-state index in [4.69, 9.17) is 0 Å². The molecule has 1 aromatic heterocycles. The van der Waals surface area contributed by atoms with Gasteiger partial charge in [0.15, 0.2) is 5.78 Å². The van der Waals surface area contributed by atoms with Gasteiger partial charge in [-0.1, -0.05) is 20.8 Å². The van der Waals surface area contributed by atoms with Crippen molar-refractivity contribution in [2.45, 2.75) is 53.5 Å². The molecular weight excluding hydrogens is 284 g/mol. The fourth-order valence-corrected chi connectivity index (χ4v) is 2.62. The predicted molar refractivity (Wildman–Crippen MR) is 83.3 cm³/mol. The van der Waals surface area contributed by atoms with Crippen LogP contribution in [0.15, 0.2) is 0 Å². The van der Waals surface area contributed by atoms with Gasteiger partial charge in [0, 0.05) is 11.3 Å². The molecule has 3 N–H and O–H groups in total. The second-order valence-corrected chi connectivity index (χ2v) is 5.88. The number of aryl methyl sites for hydroxylation is 1. The first-order valence-corrected chi connectivity index (χ1v) is 7.45. The molecule has 0 saturated heterocycles. The molecule has 22 heavy (non-hydrogen) atoms. The highest BCUT2D eigenvalue weighted by Crippen LogP contribution is 2.20. The van der Waals surface area contributed by atoms with Crippen LogP contribution in [0.5, 0.6) is 0 Å². The maximum atomic E-state index is 12.4. The van der Waals surface area contributed by atoms with E-state index >= 15 is 0 Å². The van der Waals surface area contributed by atoms with Crippen molar-refractivity contribution >= 4 is 17.7 Å². The van der Waals surface area contributed by atoms with Crippen LogP contribution in [-0.2, 0) is 11.2 Å². The number of carbonyl (C=O) groups is 3. The van der Waals surface area contributed by atoms with Crippen molar-refractivity contribution in [3.63, 3.8) is 0 Å². The Morgan fingerprint density at radius 1 is 1.27 bits per heavy atom. The molecule has 1 unspecified atom stereocenters. The van der Waals surface area contributed by atoms with Gasteiger partial charge in [0.1, 0.15) is 11.7 Å². The first kappa shape index (κ1) is 17.9. The molecule has 0 aliphatic carbocycles. The van der Waals surface area contributed by atoms with Crippen molar-refractivity contribution in [2.24, 2.45) is 5.92 Å². The number of aromatic nitrogens is 1. The second-order valence-electron chi connectivity index (χ2n) is 5.88. The maximum absolute atomic E-state index is 12.4. The molecule has 0 aliphatic rings. The van der Waals surface area contributed by atoms with Crippen LogP contribution in [0, 0.1) is 12.8 Å². The number of aliphatic carboxylic acids is 1. The summed E-state index contributed by atoms with van der Waals surface area (Å²) in [5, 5.41) is 11.8. The molecule has 0 aromatic carbocycles. The van der Waals surface area contributed by atoms with Gasteiger partial charge in [-0.3, -0.25) is 9.59 Å². The summed E-state index contributed by atoms with van der Waals surface area (Å²) in [5.74, 6) is -1.51. The third kappa shape index (κ3) is 3.96. The molecule has 0 radical (unpaired) electrons. The van der Waals surface area contributed by atoms with Gasteiger partial charge in [-0.05, 0) is 38.2 Å². The van der Waals surface area contributed by atoms with Gasteiger partial charge in [0.25, 0.3) is 5.91 Å². The molecule has 1 heterocycles. The number of carboxylic acid groups (broad SMARTS) is 1. The molecule has 122 valence electrons. The number of ketones is 1. The highest BCUT2D eigenvalue weighted by atomic mass is 16.4. The third-order valence-corrected chi connectivity index (χ3v) is 3.53. The lowest BCUT2D eigenvalue weighted by Crippen LogP contribution is -2.42. The summed E-state index contributed by atoms with van der Waals surface area (Å²) in [6, 6.07) is -0.943. The van der Waals surface area contributed by atoms with Crippen molar-refractivity contribution < 1.29 is 19.5 Å². The highest BCUT2D eigenvalue weighted by Gasteiger charge is 2.26. The largest absolute Gasteiger partial charge is 0.480 e. The van der Waals surface area contributed by atoms with Crippen LogP contribution < -0.4 is 5.32 Å². The Balaban J connectivity index is 3.10. The molecule has 6 heteroatoms. The summed E-state index contributed by atoms with van der Waals surface area (Å²) < 4.78 is 0. The monoisotopic (exact) mass is 308 g/mol. The average Bonchev–Trinajstić information content (AvgIpc) is 2.74. The lowest BCUT2D eigenvalue weighted by molar-refractivity contribution is -0.139. The summed E-state index contributed by atoms with van der Waals surface area (Å²) in [4.78, 5) is 38.3. The van der Waals surface area contributed by atoms with E-state index in [-0.39, 0.29) is 17.4 Å². The van der Waals surface area contributed by atoms with Crippen LogP contribution in [0.4, 0.5) is 0 Å². The van der Waals surface area contributed by atoms with Crippen LogP contribution in [0.25, 0.3) is 0 Å². The number of Topliss-reactive ketones (excluding diaryl/α,β-unsaturated/α-hetero) is 1. The van der Waals surface area contributed by atoms with E-state index < -0.39 is 17.9 Å². The summed E-state index contributed by atoms with van der Waals surface area (Å²) >= 11 is 0. The predicted octanol–water partition coefficient (Wildman–Crippen LogP) is 2.32. The maximum Gasteiger partial charge on any atom is 0.326 e. The Hall–Kier alpha value is -2.11.